The minimum Gasteiger partial charge on any atom is -0.379 e. The molecule has 1 N–H and O–H groups in total. The molecule has 1 atom stereocenters. The van der Waals surface area contributed by atoms with E-state index in [1.807, 2.05) is 0 Å². The molecule has 2 nitrogen and oxygen atoms in total. The van der Waals surface area contributed by atoms with Crippen LogP contribution in [-0.4, -0.2) is 15.8 Å². The lowest BCUT2D eigenvalue weighted by Gasteiger charge is -2.17. The monoisotopic (exact) mass is 305 g/mol. The van der Waals surface area contributed by atoms with Gasteiger partial charge in [-0.1, -0.05) is 30.3 Å². The summed E-state index contributed by atoms with van der Waals surface area (Å²) >= 11 is 0. The minimum atomic E-state index is -4.83. The predicted octanol–water partition coefficient (Wildman–Crippen LogP) is 3.88. The second-order valence-corrected chi connectivity index (χ2v) is 4.63. The Morgan fingerprint density at radius 3 is 2.19 bits per heavy atom. The molecule has 7 heteroatoms. The van der Waals surface area contributed by atoms with Gasteiger partial charge in [0.2, 0.25) is 0 Å². The average Bonchev–Trinajstić information content (AvgIpc) is 2.85. The van der Waals surface area contributed by atoms with Crippen LogP contribution in [0, 0.1) is 0 Å². The van der Waals surface area contributed by atoms with Crippen LogP contribution in [0.3, 0.4) is 0 Å². The molecule has 0 saturated carbocycles. The third-order valence-corrected chi connectivity index (χ3v) is 2.98. The summed E-state index contributed by atoms with van der Waals surface area (Å²) in [5.74, 6) is -3.22. The number of rotatable bonds is 4. The first-order valence-corrected chi connectivity index (χ1v) is 6.04. The molecule has 0 aliphatic heterocycles. The van der Waals surface area contributed by atoms with E-state index in [0.29, 0.717) is 0 Å². The zero-order valence-electron chi connectivity index (χ0n) is 10.7. The van der Waals surface area contributed by atoms with Crippen molar-refractivity contribution in [3.05, 3.63) is 59.9 Å². The fraction of sp³-hybridized carbons (Fsp3) is 0.286. The van der Waals surface area contributed by atoms with Crippen molar-refractivity contribution < 1.29 is 27.1 Å². The number of aliphatic hydroxyl groups is 1. The van der Waals surface area contributed by atoms with Gasteiger partial charge in [0.05, 0.1) is 6.54 Å². The summed E-state index contributed by atoms with van der Waals surface area (Å²) < 4.78 is 65.9. The number of alkyl halides is 5. The number of aliphatic hydroxyl groups excluding tert-OH is 1. The first-order chi connectivity index (χ1) is 9.70. The van der Waals surface area contributed by atoms with Crippen LogP contribution in [0.4, 0.5) is 22.0 Å². The number of aromatic nitrogens is 1. The lowest BCUT2D eigenvalue weighted by atomic mass is 10.1. The van der Waals surface area contributed by atoms with E-state index in [1.165, 1.54) is 24.3 Å². The van der Waals surface area contributed by atoms with E-state index >= 15 is 0 Å². The van der Waals surface area contributed by atoms with Gasteiger partial charge in [-0.05, 0) is 6.07 Å². The Hall–Kier alpha value is -1.89. The zero-order chi connectivity index (χ0) is 15.7. The van der Waals surface area contributed by atoms with Crippen LogP contribution in [0.1, 0.15) is 17.2 Å². The minimum absolute atomic E-state index is 0.225. The van der Waals surface area contributed by atoms with Crippen LogP contribution < -0.4 is 0 Å². The van der Waals surface area contributed by atoms with Crippen molar-refractivity contribution in [2.24, 2.45) is 0 Å². The SMILES string of the molecule is OC(c1ccn(CC(F)(F)c2ccccc2)c1)C(F)(F)F. The van der Waals surface area contributed by atoms with E-state index in [1.54, 1.807) is 6.07 Å². The van der Waals surface area contributed by atoms with Crippen molar-refractivity contribution in [3.8, 4) is 0 Å². The Kier molecular flexibility index (Phi) is 4.04. The van der Waals surface area contributed by atoms with Crippen molar-refractivity contribution in [2.45, 2.75) is 24.7 Å². The smallest absolute Gasteiger partial charge is 0.379 e. The maximum atomic E-state index is 14.0. The fourth-order valence-corrected chi connectivity index (χ4v) is 1.91. The van der Waals surface area contributed by atoms with Gasteiger partial charge in [-0.3, -0.25) is 0 Å². The van der Waals surface area contributed by atoms with Crippen LogP contribution in [0.25, 0.3) is 0 Å². The van der Waals surface area contributed by atoms with Gasteiger partial charge in [0.25, 0.3) is 5.92 Å². The Morgan fingerprint density at radius 2 is 1.62 bits per heavy atom. The van der Waals surface area contributed by atoms with Crippen molar-refractivity contribution in [2.75, 3.05) is 0 Å². The highest BCUT2D eigenvalue weighted by atomic mass is 19.4. The summed E-state index contributed by atoms with van der Waals surface area (Å²) in [6.45, 7) is -0.804. The van der Waals surface area contributed by atoms with Crippen LogP contribution >= 0.6 is 0 Å². The summed E-state index contributed by atoms with van der Waals surface area (Å²) in [5.41, 5.74) is -0.692. The van der Waals surface area contributed by atoms with Gasteiger partial charge in [0.15, 0.2) is 6.10 Å². The second kappa shape index (κ2) is 5.48. The fourth-order valence-electron chi connectivity index (χ4n) is 1.91. The van der Waals surface area contributed by atoms with Crippen molar-refractivity contribution >= 4 is 0 Å². The molecule has 0 aliphatic carbocycles. The third-order valence-electron chi connectivity index (χ3n) is 2.98. The highest BCUT2D eigenvalue weighted by Gasteiger charge is 2.40. The van der Waals surface area contributed by atoms with Gasteiger partial charge in [0.1, 0.15) is 0 Å². The van der Waals surface area contributed by atoms with Gasteiger partial charge in [0, 0.05) is 23.5 Å². The molecular weight excluding hydrogens is 293 g/mol. The van der Waals surface area contributed by atoms with Crippen LogP contribution in [-0.2, 0) is 12.5 Å². The summed E-state index contributed by atoms with van der Waals surface area (Å²) in [5, 5.41) is 9.06. The Labute approximate surface area is 117 Å². The summed E-state index contributed by atoms with van der Waals surface area (Å²) in [7, 11) is 0. The van der Waals surface area contributed by atoms with Gasteiger partial charge in [-0.15, -0.1) is 0 Å². The first kappa shape index (κ1) is 15.5. The Bertz CT molecular complexity index is 591. The number of benzene rings is 1. The van der Waals surface area contributed by atoms with E-state index < -0.39 is 30.3 Å². The van der Waals surface area contributed by atoms with Gasteiger partial charge >= 0.3 is 6.18 Å². The average molecular weight is 305 g/mol. The molecule has 0 fully saturated rings. The first-order valence-electron chi connectivity index (χ1n) is 6.04. The molecule has 1 aromatic carbocycles. The molecule has 1 heterocycles. The van der Waals surface area contributed by atoms with E-state index in [9.17, 15) is 22.0 Å². The molecule has 0 saturated heterocycles. The standard InChI is InChI=1S/C14H12F5NO/c15-13(16,11-4-2-1-3-5-11)9-20-7-6-10(8-20)12(21)14(17,18)19/h1-8,12,21H,9H2. The molecule has 114 valence electrons. The number of halogens is 5. The maximum Gasteiger partial charge on any atom is 0.418 e. The highest BCUT2D eigenvalue weighted by Crippen LogP contribution is 2.34. The summed E-state index contributed by atoms with van der Waals surface area (Å²) in [6.07, 6.45) is -5.55. The van der Waals surface area contributed by atoms with Gasteiger partial charge < -0.3 is 9.67 Å². The van der Waals surface area contributed by atoms with E-state index in [2.05, 4.69) is 0 Å². The quantitative estimate of drug-likeness (QED) is 0.852. The molecule has 0 amide bonds. The lowest BCUT2D eigenvalue weighted by Crippen LogP contribution is -2.21. The van der Waals surface area contributed by atoms with Crippen LogP contribution in [0.15, 0.2) is 48.8 Å². The number of hydrogen-bond donors (Lipinski definition) is 1. The topological polar surface area (TPSA) is 25.2 Å². The summed E-state index contributed by atoms with van der Waals surface area (Å²) in [4.78, 5) is 0. The maximum absolute atomic E-state index is 14.0. The molecule has 0 radical (unpaired) electrons. The predicted molar refractivity (Wildman–Crippen MR) is 65.8 cm³/mol. The molecule has 2 rings (SSSR count). The Balaban J connectivity index is 2.16. The zero-order valence-corrected chi connectivity index (χ0v) is 10.7. The van der Waals surface area contributed by atoms with Crippen molar-refractivity contribution in [3.63, 3.8) is 0 Å². The van der Waals surface area contributed by atoms with Crippen LogP contribution in [0.2, 0.25) is 0 Å². The molecule has 0 aliphatic rings. The van der Waals surface area contributed by atoms with Crippen molar-refractivity contribution in [1.82, 2.24) is 4.57 Å². The Morgan fingerprint density at radius 1 is 1.00 bits per heavy atom. The molecule has 21 heavy (non-hydrogen) atoms. The largest absolute Gasteiger partial charge is 0.418 e. The molecule has 2 aromatic rings. The molecule has 1 aromatic heterocycles. The van der Waals surface area contributed by atoms with Crippen LogP contribution in [0.5, 0.6) is 0 Å². The molecule has 0 bridgehead atoms. The highest BCUT2D eigenvalue weighted by molar-refractivity contribution is 5.21. The van der Waals surface area contributed by atoms with Gasteiger partial charge in [-0.2, -0.15) is 22.0 Å². The molecular formula is C14H12F5NO. The van der Waals surface area contributed by atoms with Crippen molar-refractivity contribution in [1.29, 1.82) is 0 Å². The second-order valence-electron chi connectivity index (χ2n) is 4.63. The van der Waals surface area contributed by atoms with E-state index in [0.717, 1.165) is 23.0 Å². The number of nitrogens with zero attached hydrogens (tertiary/aromatic N) is 1. The van der Waals surface area contributed by atoms with Gasteiger partial charge in [-0.25, -0.2) is 0 Å². The van der Waals surface area contributed by atoms with E-state index in [-0.39, 0.29) is 5.56 Å². The van der Waals surface area contributed by atoms with E-state index in [4.69, 9.17) is 5.11 Å². The number of hydrogen-bond acceptors (Lipinski definition) is 1. The summed E-state index contributed by atoms with van der Waals surface area (Å²) in [6, 6.07) is 7.96. The normalized spacial score (nSPS) is 14.2. The molecule has 1 unspecified atom stereocenters. The third kappa shape index (κ3) is 3.60. The molecule has 0 spiro atoms. The lowest BCUT2D eigenvalue weighted by molar-refractivity contribution is -0.206.